The number of rotatable bonds is 9. The van der Waals surface area contributed by atoms with Gasteiger partial charge in [-0.3, -0.25) is 4.79 Å². The predicted octanol–water partition coefficient (Wildman–Crippen LogP) is 4.54. The highest BCUT2D eigenvalue weighted by Gasteiger charge is 2.29. The van der Waals surface area contributed by atoms with Gasteiger partial charge < -0.3 is 23.9 Å². The van der Waals surface area contributed by atoms with Crippen LogP contribution in [0, 0.1) is 0 Å². The lowest BCUT2D eigenvalue weighted by molar-refractivity contribution is -0.154. The largest absolute Gasteiger partial charge is 0.464 e. The minimum Gasteiger partial charge on any atom is -0.464 e. The molecule has 1 atom stereocenters. The van der Waals surface area contributed by atoms with Crippen molar-refractivity contribution < 1.29 is 28.6 Å². The number of alkyl carbamates (subject to hydrolysis) is 1. The molecule has 10 heteroatoms. The van der Waals surface area contributed by atoms with Crippen molar-refractivity contribution in [3.8, 4) is 0 Å². The molecule has 1 N–H and O–H groups in total. The number of imidazole rings is 1. The van der Waals surface area contributed by atoms with Crippen LogP contribution in [0.3, 0.4) is 0 Å². The Balaban J connectivity index is 2.31. The first-order valence-electron chi connectivity index (χ1n) is 12.3. The first-order valence-corrected chi connectivity index (χ1v) is 16.0. The summed E-state index contributed by atoms with van der Waals surface area (Å²) in [6.07, 6.45) is 1.13. The molecule has 2 aromatic rings. The molecule has 200 valence electrons. The average Bonchev–Trinajstić information content (AvgIpc) is 3.01. The van der Waals surface area contributed by atoms with E-state index >= 15 is 0 Å². The van der Waals surface area contributed by atoms with Gasteiger partial charge in [-0.1, -0.05) is 25.7 Å². The van der Waals surface area contributed by atoms with Crippen LogP contribution in [-0.4, -0.2) is 59.3 Å². The second-order valence-corrected chi connectivity index (χ2v) is 17.7. The van der Waals surface area contributed by atoms with Crippen molar-refractivity contribution in [1.29, 1.82) is 0 Å². The van der Waals surface area contributed by atoms with Crippen molar-refractivity contribution in [3.63, 3.8) is 0 Å². The molecule has 36 heavy (non-hydrogen) atoms. The third-order valence-corrected chi connectivity index (χ3v) is 6.59. The van der Waals surface area contributed by atoms with E-state index in [-0.39, 0.29) is 19.4 Å². The lowest BCUT2D eigenvalue weighted by Gasteiger charge is -2.23. The smallest absolute Gasteiger partial charge is 0.408 e. The minimum atomic E-state index is -1.41. The number of nitrogens with zero attached hydrogens (tertiary/aromatic N) is 2. The maximum atomic E-state index is 13.0. The van der Waals surface area contributed by atoms with Crippen LogP contribution in [0.2, 0.25) is 25.7 Å². The van der Waals surface area contributed by atoms with E-state index in [0.29, 0.717) is 11.5 Å². The van der Waals surface area contributed by atoms with Gasteiger partial charge in [-0.2, -0.15) is 0 Å². The maximum Gasteiger partial charge on any atom is 0.408 e. The number of nitrogens with one attached hydrogen (secondary N) is 1. The summed E-state index contributed by atoms with van der Waals surface area (Å²) in [6, 6.07) is 5.33. The molecule has 0 aliphatic heterocycles. The summed E-state index contributed by atoms with van der Waals surface area (Å²) >= 11 is 0. The van der Waals surface area contributed by atoms with Gasteiger partial charge in [-0.05, 0) is 59.7 Å². The topological polar surface area (TPSA) is 108 Å². The van der Waals surface area contributed by atoms with Crippen molar-refractivity contribution in [1.82, 2.24) is 14.7 Å². The number of hydrogen-bond donors (Lipinski definition) is 1. The molecule has 1 amide bonds. The van der Waals surface area contributed by atoms with Gasteiger partial charge in [0.25, 0.3) is 0 Å². The van der Waals surface area contributed by atoms with E-state index in [1.807, 2.05) is 18.2 Å². The van der Waals surface area contributed by atoms with Crippen molar-refractivity contribution in [3.05, 3.63) is 35.9 Å². The molecule has 2 rings (SSSR count). The SMILES string of the molecule is CC(C)(C)OC(=O)Cc1nc(C[C@H](NC(=O)OC(C)(C)C)C(=O)OCC[Si](C)(C)C)c2ccccn12. The van der Waals surface area contributed by atoms with E-state index in [4.69, 9.17) is 14.2 Å². The summed E-state index contributed by atoms with van der Waals surface area (Å²) in [5, 5.41) is 2.65. The molecule has 2 aromatic heterocycles. The highest BCUT2D eigenvalue weighted by Crippen LogP contribution is 2.18. The number of aromatic nitrogens is 2. The average molecular weight is 520 g/mol. The summed E-state index contributed by atoms with van der Waals surface area (Å²) in [6.45, 7) is 17.5. The van der Waals surface area contributed by atoms with Crippen molar-refractivity contribution in [2.75, 3.05) is 6.61 Å². The second-order valence-electron chi connectivity index (χ2n) is 12.1. The van der Waals surface area contributed by atoms with Crippen molar-refractivity contribution in [2.24, 2.45) is 0 Å². The van der Waals surface area contributed by atoms with Crippen LogP contribution in [0.5, 0.6) is 0 Å². The van der Waals surface area contributed by atoms with E-state index < -0.39 is 43.3 Å². The van der Waals surface area contributed by atoms with Gasteiger partial charge in [-0.15, -0.1) is 0 Å². The Labute approximate surface area is 214 Å². The maximum absolute atomic E-state index is 13.0. The molecule has 0 aliphatic rings. The van der Waals surface area contributed by atoms with E-state index in [9.17, 15) is 14.4 Å². The molecule has 0 aliphatic carbocycles. The number of amides is 1. The Kier molecular flexibility index (Phi) is 9.33. The van der Waals surface area contributed by atoms with E-state index in [0.717, 1.165) is 11.6 Å². The fourth-order valence-electron chi connectivity index (χ4n) is 3.35. The standard InChI is InChI=1S/C26H41N3O6Si/c1-25(2,3)34-22(30)17-21-27-18(20-12-10-11-13-29(20)21)16-19(28-24(32)35-26(4,5)6)23(31)33-14-15-36(7,8)9/h10-13,19H,14-17H2,1-9H3,(H,28,32)/t19-/m0/s1. The zero-order chi connectivity index (χ0) is 27.3. The molecule has 9 nitrogen and oxygen atoms in total. The van der Waals surface area contributed by atoms with Gasteiger partial charge >= 0.3 is 18.0 Å². The molecule has 0 saturated heterocycles. The fraction of sp³-hybridized carbons (Fsp3) is 0.615. The lowest BCUT2D eigenvalue weighted by atomic mass is 10.1. The van der Waals surface area contributed by atoms with Gasteiger partial charge in [-0.25, -0.2) is 14.6 Å². The zero-order valence-corrected chi connectivity index (χ0v) is 24.1. The summed E-state index contributed by atoms with van der Waals surface area (Å²) in [5.41, 5.74) is -0.0630. The van der Waals surface area contributed by atoms with E-state index in [1.165, 1.54) is 0 Å². The number of esters is 2. The van der Waals surface area contributed by atoms with Crippen LogP contribution in [-0.2, 0) is 36.6 Å². The van der Waals surface area contributed by atoms with Crippen molar-refractivity contribution >= 4 is 31.6 Å². The Bertz CT molecular complexity index is 1080. The van der Waals surface area contributed by atoms with Crippen LogP contribution in [0.1, 0.15) is 53.1 Å². The fourth-order valence-corrected chi connectivity index (χ4v) is 4.06. The number of ether oxygens (including phenoxy) is 3. The van der Waals surface area contributed by atoms with Crippen LogP contribution >= 0.6 is 0 Å². The van der Waals surface area contributed by atoms with E-state index in [1.54, 1.807) is 52.1 Å². The Morgan fingerprint density at radius 2 is 1.67 bits per heavy atom. The molecule has 0 radical (unpaired) electrons. The van der Waals surface area contributed by atoms with Gasteiger partial charge in [0, 0.05) is 20.7 Å². The Morgan fingerprint density at radius 3 is 2.25 bits per heavy atom. The monoisotopic (exact) mass is 519 g/mol. The predicted molar refractivity (Wildman–Crippen MR) is 141 cm³/mol. The number of hydrogen-bond acceptors (Lipinski definition) is 7. The van der Waals surface area contributed by atoms with Gasteiger partial charge in [0.15, 0.2) is 0 Å². The first-order chi connectivity index (χ1) is 16.4. The number of fused-ring (bicyclic) bond motifs is 1. The number of carbonyl (C=O) groups excluding carboxylic acids is 3. The molecular weight excluding hydrogens is 478 g/mol. The summed E-state index contributed by atoms with van der Waals surface area (Å²) in [4.78, 5) is 42.7. The molecule has 0 fully saturated rings. The number of carbonyl (C=O) groups is 3. The van der Waals surface area contributed by atoms with Crippen LogP contribution < -0.4 is 5.32 Å². The van der Waals surface area contributed by atoms with Crippen LogP contribution in [0.15, 0.2) is 24.4 Å². The quantitative estimate of drug-likeness (QED) is 0.294. The third kappa shape index (κ3) is 10.0. The highest BCUT2D eigenvalue weighted by atomic mass is 28.3. The summed E-state index contributed by atoms with van der Waals surface area (Å²) < 4.78 is 18.2. The normalized spacial score (nSPS) is 13.2. The number of pyridine rings is 1. The molecule has 0 spiro atoms. The second kappa shape index (κ2) is 11.4. The minimum absolute atomic E-state index is 0.0345. The zero-order valence-electron chi connectivity index (χ0n) is 23.1. The Morgan fingerprint density at radius 1 is 1.03 bits per heavy atom. The first kappa shape index (κ1) is 29.3. The molecule has 0 saturated carbocycles. The lowest BCUT2D eigenvalue weighted by Crippen LogP contribution is -2.45. The summed E-state index contributed by atoms with van der Waals surface area (Å²) in [7, 11) is -1.41. The summed E-state index contributed by atoms with van der Waals surface area (Å²) in [5.74, 6) is -0.471. The van der Waals surface area contributed by atoms with E-state index in [2.05, 4.69) is 29.9 Å². The van der Waals surface area contributed by atoms with Gasteiger partial charge in [0.2, 0.25) is 0 Å². The third-order valence-electron chi connectivity index (χ3n) is 4.89. The molecule has 0 bridgehead atoms. The van der Waals surface area contributed by atoms with Crippen LogP contribution in [0.4, 0.5) is 4.79 Å². The highest BCUT2D eigenvalue weighted by molar-refractivity contribution is 6.76. The molecule has 0 aromatic carbocycles. The van der Waals surface area contributed by atoms with Gasteiger partial charge in [0.1, 0.15) is 29.5 Å². The molecule has 0 unspecified atom stereocenters. The Hall–Kier alpha value is -2.88. The van der Waals surface area contributed by atoms with Crippen molar-refractivity contribution in [2.45, 2.75) is 97.3 Å². The molecular formula is C26H41N3O6Si. The van der Waals surface area contributed by atoms with Gasteiger partial charge in [0.05, 0.1) is 17.8 Å². The molecule has 2 heterocycles. The van der Waals surface area contributed by atoms with Crippen LogP contribution in [0.25, 0.3) is 5.52 Å².